The van der Waals surface area contributed by atoms with Crippen LogP contribution in [0.3, 0.4) is 0 Å². The van der Waals surface area contributed by atoms with E-state index >= 15 is 0 Å². The summed E-state index contributed by atoms with van der Waals surface area (Å²) in [4.78, 5) is 0. The van der Waals surface area contributed by atoms with Gasteiger partial charge in [-0.1, -0.05) is 0 Å². The van der Waals surface area contributed by atoms with Crippen molar-refractivity contribution in [1.29, 1.82) is 0 Å². The van der Waals surface area contributed by atoms with Crippen LogP contribution in [0.25, 0.3) is 0 Å². The van der Waals surface area contributed by atoms with E-state index in [4.69, 9.17) is 0 Å². The molecule has 0 spiro atoms. The van der Waals surface area contributed by atoms with Crippen LogP contribution >= 0.6 is 0 Å². The first kappa shape index (κ1) is 22.4. The molecule has 0 radical (unpaired) electrons. The summed E-state index contributed by atoms with van der Waals surface area (Å²) in [5, 5.41) is 0. The molecule has 0 saturated heterocycles. The van der Waals surface area contributed by atoms with Crippen LogP contribution in [0.1, 0.15) is 0 Å². The average molecular weight is 367 g/mol. The van der Waals surface area contributed by atoms with E-state index in [-0.39, 0.29) is 58.3 Å². The van der Waals surface area contributed by atoms with E-state index in [1.165, 1.54) is 0 Å². The van der Waals surface area contributed by atoms with Gasteiger partial charge < -0.3 is 37.2 Å². The van der Waals surface area contributed by atoms with Crippen LogP contribution < -0.4 is 37.2 Å². The molecule has 0 aliphatic heterocycles. The van der Waals surface area contributed by atoms with E-state index in [1.807, 2.05) is 30.3 Å². The third kappa shape index (κ3) is 11.6. The van der Waals surface area contributed by atoms with Crippen molar-refractivity contribution in [3.8, 4) is 0 Å². The van der Waals surface area contributed by atoms with Crippen molar-refractivity contribution in [3.63, 3.8) is 0 Å². The first-order valence-corrected chi connectivity index (χ1v) is 1.91. The third-order valence-electron chi connectivity index (χ3n) is 0.607. The van der Waals surface area contributed by atoms with Crippen LogP contribution in [0.15, 0.2) is 30.3 Å². The van der Waals surface area contributed by atoms with Gasteiger partial charge in [-0.15, -0.1) is 0 Å². The Labute approximate surface area is 94.3 Å². The minimum absolute atomic E-state index is 0. The Morgan fingerprint density at radius 1 is 0.700 bits per heavy atom. The number of halogens is 3. The topological polar surface area (TPSA) is 0 Å². The molecule has 0 saturated carbocycles. The molecule has 0 unspecified atom stereocenters. The van der Waals surface area contributed by atoms with E-state index in [1.54, 1.807) is 0 Å². The molecule has 0 N–H and O–H groups in total. The number of hydrogen-bond donors (Lipinski definition) is 0. The maximum Gasteiger partial charge on any atom is 0 e. The van der Waals surface area contributed by atoms with Crippen LogP contribution in [-0.4, -0.2) is 0 Å². The van der Waals surface area contributed by atoms with Gasteiger partial charge >= 0.3 is 0 Å². The van der Waals surface area contributed by atoms with Crippen molar-refractivity contribution in [2.45, 2.75) is 0 Å². The van der Waals surface area contributed by atoms with Gasteiger partial charge in [0.15, 0.2) is 0 Å². The van der Waals surface area contributed by atoms with Gasteiger partial charge in [0.05, 0.1) is 0 Å². The number of benzene rings is 1. The molecule has 4 heteroatoms. The zero-order valence-corrected chi connectivity index (χ0v) is 10.1. The van der Waals surface area contributed by atoms with Crippen LogP contribution in [0.5, 0.6) is 0 Å². The molecule has 0 bridgehead atoms. The Balaban J connectivity index is -0.0000000450. The van der Waals surface area contributed by atoms with Crippen LogP contribution in [-0.2, 0) is 21.1 Å². The van der Waals surface area contributed by atoms with Gasteiger partial charge in [-0.25, -0.2) is 0 Å². The fourth-order valence-corrected chi connectivity index (χ4v) is 0.342. The Morgan fingerprint density at radius 2 is 1.10 bits per heavy atom. The predicted octanol–water partition coefficient (Wildman–Crippen LogP) is -7.50. The zero-order valence-electron chi connectivity index (χ0n) is 4.93. The molecule has 0 fully saturated rings. The van der Waals surface area contributed by atoms with Crippen molar-refractivity contribution in [2.75, 3.05) is 0 Å². The van der Waals surface area contributed by atoms with Gasteiger partial charge in [-0.3, -0.25) is 0 Å². The predicted molar refractivity (Wildman–Crippen MR) is 25.3 cm³/mol. The summed E-state index contributed by atoms with van der Waals surface area (Å²) in [6.07, 6.45) is 0. The molecule has 1 aromatic rings. The monoisotopic (exact) mass is 366 g/mol. The van der Waals surface area contributed by atoms with Gasteiger partial charge in [0, 0.05) is 21.1 Å². The van der Waals surface area contributed by atoms with Crippen molar-refractivity contribution < 1.29 is 58.3 Å². The van der Waals surface area contributed by atoms with Crippen molar-refractivity contribution in [2.24, 2.45) is 0 Å². The summed E-state index contributed by atoms with van der Waals surface area (Å²) in [5.41, 5.74) is 0. The minimum Gasteiger partial charge on any atom is -1.00 e. The molecule has 0 amide bonds. The Bertz CT molecular complexity index is 84.9. The summed E-state index contributed by atoms with van der Waals surface area (Å²) in [6, 6.07) is 12.5. The number of hydrogen-bond acceptors (Lipinski definition) is 0. The summed E-state index contributed by atoms with van der Waals surface area (Å²) in [6.45, 7) is 0. The molecule has 0 atom stereocenters. The molecule has 60 valence electrons. The summed E-state index contributed by atoms with van der Waals surface area (Å²) in [5.74, 6) is 0. The van der Waals surface area contributed by atoms with Crippen molar-refractivity contribution in [1.82, 2.24) is 0 Å². The normalized spacial score (nSPS) is 4.80. The Hall–Kier alpha value is 0.778. The fourth-order valence-electron chi connectivity index (χ4n) is 0.342. The molecular weight excluding hydrogens is 362 g/mol. The second-order valence-electron chi connectivity index (χ2n) is 1.08. The summed E-state index contributed by atoms with van der Waals surface area (Å²) < 4.78 is 0. The molecule has 10 heavy (non-hydrogen) atoms. The molecule has 0 aliphatic rings. The van der Waals surface area contributed by atoms with Crippen LogP contribution in [0.2, 0.25) is 0 Å². The van der Waals surface area contributed by atoms with E-state index in [2.05, 4.69) is 6.07 Å². The molecule has 0 heterocycles. The van der Waals surface area contributed by atoms with E-state index in [0.29, 0.717) is 0 Å². The maximum atomic E-state index is 2.89. The molecule has 1 aromatic carbocycles. The van der Waals surface area contributed by atoms with Crippen molar-refractivity contribution >= 4 is 0 Å². The fraction of sp³-hybridized carbons (Fsp3) is 0. The molecular formula is C6H5Cl3W-4. The quantitative estimate of drug-likeness (QED) is 0.400. The first-order valence-electron chi connectivity index (χ1n) is 1.91. The molecule has 0 aromatic heterocycles. The van der Waals surface area contributed by atoms with E-state index in [9.17, 15) is 0 Å². The first-order chi connectivity index (χ1) is 3.00. The summed E-state index contributed by atoms with van der Waals surface area (Å²) in [7, 11) is 0. The maximum absolute atomic E-state index is 2.89. The molecule has 0 aliphatic carbocycles. The van der Waals surface area contributed by atoms with Crippen molar-refractivity contribution in [3.05, 3.63) is 36.4 Å². The van der Waals surface area contributed by atoms with Gasteiger partial charge in [-0.05, 0) is 0 Å². The Kier molecular flexibility index (Phi) is 36.8. The Morgan fingerprint density at radius 3 is 1.20 bits per heavy atom. The smallest absolute Gasteiger partial charge is 0 e. The SMILES string of the molecule is [Cl-].[Cl-].[Cl-].[W].[c-]1ccccc1. The largest absolute Gasteiger partial charge is 1.00 e. The summed E-state index contributed by atoms with van der Waals surface area (Å²) >= 11 is 0. The second kappa shape index (κ2) is 16.4. The van der Waals surface area contributed by atoms with Gasteiger partial charge in [0.25, 0.3) is 0 Å². The van der Waals surface area contributed by atoms with Crippen LogP contribution in [0.4, 0.5) is 0 Å². The zero-order chi connectivity index (χ0) is 4.24. The van der Waals surface area contributed by atoms with Gasteiger partial charge in [-0.2, -0.15) is 36.4 Å². The second-order valence-corrected chi connectivity index (χ2v) is 1.08. The number of rotatable bonds is 0. The van der Waals surface area contributed by atoms with Gasteiger partial charge in [0.1, 0.15) is 0 Å². The van der Waals surface area contributed by atoms with Crippen LogP contribution in [0, 0.1) is 6.07 Å². The molecule has 1 rings (SSSR count). The average Bonchev–Trinajstić information content (AvgIpc) is 1.72. The van der Waals surface area contributed by atoms with E-state index < -0.39 is 0 Å². The van der Waals surface area contributed by atoms with E-state index in [0.717, 1.165) is 0 Å². The molecule has 0 nitrogen and oxygen atoms in total. The third-order valence-corrected chi connectivity index (χ3v) is 0.607. The van der Waals surface area contributed by atoms with Gasteiger partial charge in [0.2, 0.25) is 0 Å². The minimum atomic E-state index is 0. The standard InChI is InChI=1S/C6H5.3ClH.W/c1-2-4-6-5-3-1;;;;/h1-5H;3*1H;/q-1;;;;/p-3.